The quantitative estimate of drug-likeness (QED) is 0.728. The first-order valence-corrected chi connectivity index (χ1v) is 9.53. The standard InChI is InChI=1S/C22H24N2O5/c1-3-28-18-10-8-17(9-11-18)23-20(25)14-29-22(27)16-12-21(26)24(13-16)19-7-5-4-6-15(19)2/h4-11,16H,3,12-14H2,1-2H3,(H,23,25)/t16-/m0/s1. The van der Waals surface area contributed by atoms with E-state index in [1.54, 1.807) is 29.2 Å². The van der Waals surface area contributed by atoms with E-state index in [0.29, 0.717) is 18.0 Å². The van der Waals surface area contributed by atoms with E-state index in [1.807, 2.05) is 38.1 Å². The number of nitrogens with zero attached hydrogens (tertiary/aromatic N) is 1. The molecule has 7 heteroatoms. The average Bonchev–Trinajstić information content (AvgIpc) is 3.10. The summed E-state index contributed by atoms with van der Waals surface area (Å²) in [6, 6.07) is 14.4. The number of esters is 1. The second-order valence-electron chi connectivity index (χ2n) is 6.81. The SMILES string of the molecule is CCOc1ccc(NC(=O)COC(=O)[C@H]2CC(=O)N(c3ccccc3C)C2)cc1. The summed E-state index contributed by atoms with van der Waals surface area (Å²) < 4.78 is 10.5. The highest BCUT2D eigenvalue weighted by Crippen LogP contribution is 2.28. The van der Waals surface area contributed by atoms with Crippen LogP contribution in [0.4, 0.5) is 11.4 Å². The molecule has 2 aromatic rings. The van der Waals surface area contributed by atoms with Gasteiger partial charge in [-0.1, -0.05) is 18.2 Å². The molecule has 0 unspecified atom stereocenters. The molecule has 1 heterocycles. The molecule has 1 N–H and O–H groups in total. The third kappa shape index (κ3) is 5.13. The number of carbonyl (C=O) groups is 3. The first kappa shape index (κ1) is 20.4. The van der Waals surface area contributed by atoms with Crippen molar-refractivity contribution < 1.29 is 23.9 Å². The van der Waals surface area contributed by atoms with Crippen LogP contribution in [-0.2, 0) is 19.1 Å². The zero-order valence-corrected chi connectivity index (χ0v) is 16.5. The van der Waals surface area contributed by atoms with Crippen molar-refractivity contribution in [1.29, 1.82) is 0 Å². The number of ether oxygens (including phenoxy) is 2. The average molecular weight is 396 g/mol. The summed E-state index contributed by atoms with van der Waals surface area (Å²) in [5.74, 6) is -0.986. The monoisotopic (exact) mass is 396 g/mol. The maximum absolute atomic E-state index is 12.3. The summed E-state index contributed by atoms with van der Waals surface area (Å²) in [6.45, 7) is 4.22. The van der Waals surface area contributed by atoms with Crippen molar-refractivity contribution in [2.75, 3.05) is 30.0 Å². The van der Waals surface area contributed by atoms with Crippen LogP contribution in [0.25, 0.3) is 0 Å². The van der Waals surface area contributed by atoms with Gasteiger partial charge in [-0.05, 0) is 49.7 Å². The number of nitrogens with one attached hydrogen (secondary N) is 1. The van der Waals surface area contributed by atoms with Crippen molar-refractivity contribution in [1.82, 2.24) is 0 Å². The van der Waals surface area contributed by atoms with Crippen molar-refractivity contribution >= 4 is 29.2 Å². The van der Waals surface area contributed by atoms with Gasteiger partial charge in [0.15, 0.2) is 6.61 Å². The van der Waals surface area contributed by atoms with Crippen LogP contribution >= 0.6 is 0 Å². The molecule has 3 rings (SSSR count). The van der Waals surface area contributed by atoms with E-state index in [1.165, 1.54) is 0 Å². The van der Waals surface area contributed by atoms with Gasteiger partial charge < -0.3 is 19.7 Å². The van der Waals surface area contributed by atoms with Gasteiger partial charge in [0, 0.05) is 24.3 Å². The molecule has 1 aliphatic rings. The lowest BCUT2D eigenvalue weighted by Crippen LogP contribution is -2.28. The highest BCUT2D eigenvalue weighted by molar-refractivity contribution is 6.00. The Kier molecular flexibility index (Phi) is 6.49. The molecular formula is C22H24N2O5. The number of amides is 2. The number of anilines is 2. The predicted molar refractivity (Wildman–Crippen MR) is 109 cm³/mol. The number of benzene rings is 2. The normalized spacial score (nSPS) is 15.9. The van der Waals surface area contributed by atoms with Gasteiger partial charge in [-0.25, -0.2) is 0 Å². The highest BCUT2D eigenvalue weighted by Gasteiger charge is 2.36. The van der Waals surface area contributed by atoms with E-state index in [0.717, 1.165) is 11.3 Å². The molecule has 0 spiro atoms. The molecule has 7 nitrogen and oxygen atoms in total. The second-order valence-corrected chi connectivity index (χ2v) is 6.81. The lowest BCUT2D eigenvalue weighted by molar-refractivity contribution is -0.151. The molecule has 0 aliphatic carbocycles. The molecule has 2 amide bonds. The summed E-state index contributed by atoms with van der Waals surface area (Å²) in [5.41, 5.74) is 2.34. The zero-order chi connectivity index (χ0) is 20.8. The third-order valence-corrected chi connectivity index (χ3v) is 4.66. The van der Waals surface area contributed by atoms with Gasteiger partial charge in [-0.15, -0.1) is 0 Å². The predicted octanol–water partition coefficient (Wildman–Crippen LogP) is 2.93. The Morgan fingerprint density at radius 1 is 1.14 bits per heavy atom. The van der Waals surface area contributed by atoms with Crippen LogP contribution in [-0.4, -0.2) is 37.5 Å². The number of aryl methyl sites for hydroxylation is 1. The van der Waals surface area contributed by atoms with Crippen LogP contribution in [0.2, 0.25) is 0 Å². The Labute approximate surface area is 169 Å². The molecule has 29 heavy (non-hydrogen) atoms. The van der Waals surface area contributed by atoms with E-state index in [-0.39, 0.29) is 18.9 Å². The summed E-state index contributed by atoms with van der Waals surface area (Å²) in [6.07, 6.45) is 0.0771. The van der Waals surface area contributed by atoms with Crippen molar-refractivity contribution in [3.05, 3.63) is 54.1 Å². The Balaban J connectivity index is 1.50. The van der Waals surface area contributed by atoms with Crippen LogP contribution < -0.4 is 15.0 Å². The Morgan fingerprint density at radius 2 is 1.86 bits per heavy atom. The van der Waals surface area contributed by atoms with Crippen molar-refractivity contribution in [3.8, 4) is 5.75 Å². The molecule has 1 aliphatic heterocycles. The van der Waals surface area contributed by atoms with Crippen LogP contribution in [0.5, 0.6) is 5.75 Å². The van der Waals surface area contributed by atoms with Crippen LogP contribution in [0, 0.1) is 12.8 Å². The Bertz CT molecular complexity index is 894. The van der Waals surface area contributed by atoms with Gasteiger partial charge >= 0.3 is 5.97 Å². The molecule has 0 radical (unpaired) electrons. The van der Waals surface area contributed by atoms with Gasteiger partial charge in [-0.3, -0.25) is 14.4 Å². The minimum Gasteiger partial charge on any atom is -0.494 e. The summed E-state index contributed by atoms with van der Waals surface area (Å²) in [4.78, 5) is 38.3. The van der Waals surface area contributed by atoms with Crippen LogP contribution in [0.3, 0.4) is 0 Å². The second kappa shape index (κ2) is 9.23. The van der Waals surface area contributed by atoms with E-state index in [2.05, 4.69) is 5.32 Å². The summed E-state index contributed by atoms with van der Waals surface area (Å²) >= 11 is 0. The molecule has 0 aromatic heterocycles. The molecule has 152 valence electrons. The maximum atomic E-state index is 12.3. The maximum Gasteiger partial charge on any atom is 0.311 e. The molecule has 0 saturated carbocycles. The van der Waals surface area contributed by atoms with E-state index >= 15 is 0 Å². The van der Waals surface area contributed by atoms with E-state index in [4.69, 9.17) is 9.47 Å². The fourth-order valence-electron chi connectivity index (χ4n) is 3.22. The van der Waals surface area contributed by atoms with Crippen molar-refractivity contribution in [3.63, 3.8) is 0 Å². The van der Waals surface area contributed by atoms with Crippen LogP contribution in [0.1, 0.15) is 18.9 Å². The lowest BCUT2D eigenvalue weighted by atomic mass is 10.1. The minimum atomic E-state index is -0.583. The first-order valence-electron chi connectivity index (χ1n) is 9.53. The van der Waals surface area contributed by atoms with Gasteiger partial charge in [0.25, 0.3) is 5.91 Å². The number of rotatable bonds is 7. The smallest absolute Gasteiger partial charge is 0.311 e. The lowest BCUT2D eigenvalue weighted by Gasteiger charge is -2.18. The van der Waals surface area contributed by atoms with E-state index in [9.17, 15) is 14.4 Å². The van der Waals surface area contributed by atoms with Crippen LogP contribution in [0.15, 0.2) is 48.5 Å². The fourth-order valence-corrected chi connectivity index (χ4v) is 3.22. The van der Waals surface area contributed by atoms with Crippen molar-refractivity contribution in [2.24, 2.45) is 5.92 Å². The zero-order valence-electron chi connectivity index (χ0n) is 16.5. The van der Waals surface area contributed by atoms with Gasteiger partial charge in [0.1, 0.15) is 5.75 Å². The van der Waals surface area contributed by atoms with Gasteiger partial charge in [-0.2, -0.15) is 0 Å². The highest BCUT2D eigenvalue weighted by atomic mass is 16.5. The Hall–Kier alpha value is -3.35. The molecular weight excluding hydrogens is 372 g/mol. The molecule has 0 bridgehead atoms. The van der Waals surface area contributed by atoms with Gasteiger partial charge in [0.2, 0.25) is 5.91 Å². The number of para-hydroxylation sites is 1. The topological polar surface area (TPSA) is 84.9 Å². The van der Waals surface area contributed by atoms with Crippen molar-refractivity contribution in [2.45, 2.75) is 20.3 Å². The fraction of sp³-hybridized carbons (Fsp3) is 0.318. The summed E-state index contributed by atoms with van der Waals surface area (Å²) in [7, 11) is 0. The number of carbonyl (C=O) groups excluding carboxylic acids is 3. The van der Waals surface area contributed by atoms with Gasteiger partial charge in [0.05, 0.1) is 12.5 Å². The van der Waals surface area contributed by atoms with E-state index < -0.39 is 24.4 Å². The molecule has 1 atom stereocenters. The molecule has 1 saturated heterocycles. The minimum absolute atomic E-state index is 0.0771. The Morgan fingerprint density at radius 3 is 2.55 bits per heavy atom. The molecule has 1 fully saturated rings. The number of hydrogen-bond donors (Lipinski definition) is 1. The first-order chi connectivity index (χ1) is 14.0. The third-order valence-electron chi connectivity index (χ3n) is 4.66. The summed E-state index contributed by atoms with van der Waals surface area (Å²) in [5, 5.41) is 2.66. The molecule has 2 aromatic carbocycles. The largest absolute Gasteiger partial charge is 0.494 e. The number of hydrogen-bond acceptors (Lipinski definition) is 5.